The zero-order valence-corrected chi connectivity index (χ0v) is 24.7. The number of primary amides is 1. The number of benzene rings is 4. The quantitative estimate of drug-likeness (QED) is 0.162. The summed E-state index contributed by atoms with van der Waals surface area (Å²) >= 11 is 0. The van der Waals surface area contributed by atoms with Crippen LogP contribution in [0.5, 0.6) is 17.2 Å². The SMILES string of the molecule is COc1ccc(CC2=CC=NC2(CCCOc2cccc(C(N)=O)c2)CC(c2ccccc2)c2ccccc2)cc1OC. The fourth-order valence-corrected chi connectivity index (χ4v) is 5.88. The molecule has 5 rings (SSSR count). The highest BCUT2D eigenvalue weighted by Gasteiger charge is 2.38. The Hall–Kier alpha value is -4.84. The van der Waals surface area contributed by atoms with Gasteiger partial charge in [-0.1, -0.05) is 72.8 Å². The molecule has 0 fully saturated rings. The largest absolute Gasteiger partial charge is 0.494 e. The second kappa shape index (κ2) is 13.9. The highest BCUT2D eigenvalue weighted by Crippen LogP contribution is 2.44. The number of hydrogen-bond donors (Lipinski definition) is 1. The van der Waals surface area contributed by atoms with Gasteiger partial charge < -0.3 is 19.9 Å². The van der Waals surface area contributed by atoms with Gasteiger partial charge in [0.15, 0.2) is 11.5 Å². The van der Waals surface area contributed by atoms with Gasteiger partial charge in [0.1, 0.15) is 5.75 Å². The number of ether oxygens (including phenoxy) is 3. The first-order valence-electron chi connectivity index (χ1n) is 14.6. The third kappa shape index (κ3) is 7.15. The number of methoxy groups -OCH3 is 2. The number of amides is 1. The lowest BCUT2D eigenvalue weighted by atomic mass is 9.73. The summed E-state index contributed by atoms with van der Waals surface area (Å²) in [4.78, 5) is 16.8. The second-order valence-electron chi connectivity index (χ2n) is 10.8. The number of carbonyl (C=O) groups is 1. The molecule has 4 aromatic carbocycles. The van der Waals surface area contributed by atoms with Crippen LogP contribution in [0.4, 0.5) is 0 Å². The molecule has 0 saturated carbocycles. The van der Waals surface area contributed by atoms with E-state index in [0.717, 1.165) is 31.2 Å². The molecule has 0 aliphatic carbocycles. The number of hydrogen-bond acceptors (Lipinski definition) is 5. The molecule has 0 bridgehead atoms. The fraction of sp³-hybridized carbons (Fsp3) is 0.243. The number of carbonyl (C=O) groups excluding carboxylic acids is 1. The van der Waals surface area contributed by atoms with Gasteiger partial charge in [-0.3, -0.25) is 9.79 Å². The Bertz CT molecular complexity index is 1540. The molecule has 1 aliphatic heterocycles. The summed E-state index contributed by atoms with van der Waals surface area (Å²) in [6, 6.07) is 34.4. The zero-order chi connectivity index (χ0) is 30.1. The average molecular weight is 575 g/mol. The van der Waals surface area contributed by atoms with E-state index in [1.165, 1.54) is 16.7 Å². The first-order chi connectivity index (χ1) is 21.0. The van der Waals surface area contributed by atoms with Crippen LogP contribution in [0.3, 0.4) is 0 Å². The van der Waals surface area contributed by atoms with Crippen molar-refractivity contribution < 1.29 is 19.0 Å². The maximum atomic E-state index is 11.6. The van der Waals surface area contributed by atoms with E-state index in [9.17, 15) is 4.79 Å². The number of nitrogens with two attached hydrogens (primary N) is 1. The molecule has 4 aromatic rings. The summed E-state index contributed by atoms with van der Waals surface area (Å²) in [5.74, 6) is 1.73. The maximum Gasteiger partial charge on any atom is 0.248 e. The van der Waals surface area contributed by atoms with Gasteiger partial charge in [-0.25, -0.2) is 0 Å². The van der Waals surface area contributed by atoms with E-state index in [4.69, 9.17) is 24.9 Å². The molecule has 0 spiro atoms. The normalized spacial score (nSPS) is 15.7. The van der Waals surface area contributed by atoms with Crippen molar-refractivity contribution in [3.63, 3.8) is 0 Å². The van der Waals surface area contributed by atoms with Crippen molar-refractivity contribution in [2.24, 2.45) is 10.7 Å². The molecular formula is C37H38N2O4. The molecule has 1 heterocycles. The Labute approximate surface area is 253 Å². The van der Waals surface area contributed by atoms with E-state index in [0.29, 0.717) is 29.4 Å². The molecule has 2 N–H and O–H groups in total. The highest BCUT2D eigenvalue weighted by atomic mass is 16.5. The van der Waals surface area contributed by atoms with E-state index < -0.39 is 11.4 Å². The van der Waals surface area contributed by atoms with Crippen LogP contribution in [-0.2, 0) is 6.42 Å². The average Bonchev–Trinajstić information content (AvgIpc) is 3.44. The van der Waals surface area contributed by atoms with Crippen LogP contribution < -0.4 is 19.9 Å². The smallest absolute Gasteiger partial charge is 0.248 e. The molecule has 1 unspecified atom stereocenters. The van der Waals surface area contributed by atoms with Crippen LogP contribution in [-0.4, -0.2) is 38.5 Å². The van der Waals surface area contributed by atoms with Crippen molar-refractivity contribution in [2.75, 3.05) is 20.8 Å². The Balaban J connectivity index is 1.43. The molecule has 0 aromatic heterocycles. The van der Waals surface area contributed by atoms with Gasteiger partial charge in [0.05, 0.1) is 26.4 Å². The van der Waals surface area contributed by atoms with Crippen LogP contribution in [0.1, 0.15) is 52.2 Å². The van der Waals surface area contributed by atoms with Crippen molar-refractivity contribution in [3.05, 3.63) is 137 Å². The van der Waals surface area contributed by atoms with Crippen molar-refractivity contribution in [3.8, 4) is 17.2 Å². The fourth-order valence-electron chi connectivity index (χ4n) is 5.88. The number of aliphatic imine (C=N–C) groups is 1. The molecule has 6 heteroatoms. The Kier molecular flexibility index (Phi) is 9.57. The minimum Gasteiger partial charge on any atom is -0.494 e. The lowest BCUT2D eigenvalue weighted by Crippen LogP contribution is -2.32. The van der Waals surface area contributed by atoms with E-state index in [-0.39, 0.29) is 5.92 Å². The Morgan fingerprint density at radius 3 is 2.19 bits per heavy atom. The van der Waals surface area contributed by atoms with Crippen LogP contribution in [0.2, 0.25) is 0 Å². The molecule has 0 radical (unpaired) electrons. The van der Waals surface area contributed by atoms with Gasteiger partial charge in [0.2, 0.25) is 5.91 Å². The van der Waals surface area contributed by atoms with Gasteiger partial charge in [-0.2, -0.15) is 0 Å². The molecular weight excluding hydrogens is 536 g/mol. The van der Waals surface area contributed by atoms with Crippen LogP contribution in [0.15, 0.2) is 120 Å². The summed E-state index contributed by atoms with van der Waals surface area (Å²) in [5.41, 5.74) is 10.4. The summed E-state index contributed by atoms with van der Waals surface area (Å²) < 4.78 is 17.1. The number of rotatable bonds is 14. The Morgan fingerprint density at radius 2 is 1.53 bits per heavy atom. The molecule has 1 aliphatic rings. The first-order valence-corrected chi connectivity index (χ1v) is 14.6. The molecule has 0 saturated heterocycles. The first kappa shape index (κ1) is 29.6. The summed E-state index contributed by atoms with van der Waals surface area (Å²) in [5, 5.41) is 0. The van der Waals surface area contributed by atoms with Crippen molar-refractivity contribution in [1.29, 1.82) is 0 Å². The summed E-state index contributed by atoms with van der Waals surface area (Å²) in [6.45, 7) is 0.491. The van der Waals surface area contributed by atoms with Crippen molar-refractivity contribution in [1.82, 2.24) is 0 Å². The topological polar surface area (TPSA) is 83.1 Å². The predicted octanol–water partition coefficient (Wildman–Crippen LogP) is 7.18. The van der Waals surface area contributed by atoms with Gasteiger partial charge >= 0.3 is 0 Å². The van der Waals surface area contributed by atoms with E-state index in [1.54, 1.807) is 32.4 Å². The van der Waals surface area contributed by atoms with Crippen LogP contribution >= 0.6 is 0 Å². The Morgan fingerprint density at radius 1 is 0.837 bits per heavy atom. The molecule has 220 valence electrons. The molecule has 43 heavy (non-hydrogen) atoms. The molecule has 1 atom stereocenters. The molecule has 1 amide bonds. The minimum atomic E-state index is -0.470. The number of allylic oxidation sites excluding steroid dienone is 1. The van der Waals surface area contributed by atoms with Gasteiger partial charge in [-0.15, -0.1) is 0 Å². The van der Waals surface area contributed by atoms with Gasteiger partial charge in [0.25, 0.3) is 0 Å². The van der Waals surface area contributed by atoms with E-state index in [1.807, 2.05) is 24.4 Å². The summed E-state index contributed by atoms with van der Waals surface area (Å²) in [7, 11) is 3.31. The third-order valence-corrected chi connectivity index (χ3v) is 8.11. The third-order valence-electron chi connectivity index (χ3n) is 8.11. The van der Waals surface area contributed by atoms with Crippen LogP contribution in [0.25, 0.3) is 0 Å². The minimum absolute atomic E-state index is 0.152. The van der Waals surface area contributed by atoms with Crippen molar-refractivity contribution >= 4 is 12.1 Å². The summed E-state index contributed by atoms with van der Waals surface area (Å²) in [6.07, 6.45) is 7.25. The number of nitrogens with zero attached hydrogens (tertiary/aromatic N) is 1. The maximum absolute atomic E-state index is 11.6. The standard InChI is InChI=1S/C37H38N2O4/c1-41-34-18-17-27(24-35(34)42-2)23-31-19-21-39-37(31,20-10-22-43-32-16-9-15-30(25-32)36(38)40)26-33(28-11-5-3-6-12-28)29-13-7-4-8-14-29/h3-9,11-19,21,24-25,33H,10,20,22-23,26H2,1-2H3,(H2,38,40). The zero-order valence-electron chi connectivity index (χ0n) is 24.7. The lowest BCUT2D eigenvalue weighted by Gasteiger charge is -2.35. The van der Waals surface area contributed by atoms with Crippen LogP contribution in [0, 0.1) is 0 Å². The molecule has 6 nitrogen and oxygen atoms in total. The van der Waals surface area contributed by atoms with Gasteiger partial charge in [0, 0.05) is 17.7 Å². The van der Waals surface area contributed by atoms with Gasteiger partial charge in [-0.05, 0) is 84.4 Å². The predicted molar refractivity (Wildman–Crippen MR) is 172 cm³/mol. The lowest BCUT2D eigenvalue weighted by molar-refractivity contribution is 0.1000. The van der Waals surface area contributed by atoms with E-state index in [2.05, 4.69) is 72.8 Å². The second-order valence-corrected chi connectivity index (χ2v) is 10.8. The monoisotopic (exact) mass is 574 g/mol. The van der Waals surface area contributed by atoms with Crippen molar-refractivity contribution in [2.45, 2.75) is 37.1 Å². The van der Waals surface area contributed by atoms with E-state index >= 15 is 0 Å². The highest BCUT2D eigenvalue weighted by molar-refractivity contribution is 5.93.